The molecule has 0 aliphatic carbocycles. The van der Waals surface area contributed by atoms with E-state index in [2.05, 4.69) is 4.98 Å². The van der Waals surface area contributed by atoms with E-state index in [0.717, 1.165) is 0 Å². The molecule has 1 rings (SSSR count). The fourth-order valence-electron chi connectivity index (χ4n) is 0.669. The first-order valence-electron chi connectivity index (χ1n) is 2.87. The molecule has 1 aromatic heterocycles. The monoisotopic (exact) mass is 213 g/mol. The zero-order valence-corrected chi connectivity index (χ0v) is 7.13. The highest BCUT2D eigenvalue weighted by Gasteiger charge is 2.16. The molecule has 1 aromatic rings. The Morgan fingerprint density at radius 1 is 1.17 bits per heavy atom. The van der Waals surface area contributed by atoms with Gasteiger partial charge in [0, 0.05) is 5.56 Å². The molecule has 1 N–H and O–H groups in total. The number of hydrogen-bond acceptors (Lipinski definition) is 2. The number of hydrogen-bond donors (Lipinski definition) is 1. The predicted octanol–water partition coefficient (Wildman–Crippen LogP) is 2.16. The van der Waals surface area contributed by atoms with Crippen molar-refractivity contribution < 1.29 is 13.9 Å². The summed E-state index contributed by atoms with van der Waals surface area (Å²) in [4.78, 5) is 2.77. The molecular weight excluding hydrogens is 211 g/mol. The second kappa shape index (κ2) is 3.51. The Kier molecular flexibility index (Phi) is 2.82. The van der Waals surface area contributed by atoms with Crippen LogP contribution in [0.5, 0.6) is 0 Å². The van der Waals surface area contributed by atoms with Crippen LogP contribution in [0, 0.1) is 11.9 Å². The second-order valence-electron chi connectivity index (χ2n) is 1.96. The fourth-order valence-corrected chi connectivity index (χ4v) is 1.11. The van der Waals surface area contributed by atoms with Crippen LogP contribution in [0.4, 0.5) is 8.78 Å². The molecule has 0 aliphatic rings. The molecule has 0 aliphatic heterocycles. The molecule has 6 heteroatoms. The summed E-state index contributed by atoms with van der Waals surface area (Å²) in [5, 5.41) is 7.71. The molecule has 0 saturated heterocycles. The van der Waals surface area contributed by atoms with Gasteiger partial charge in [0.05, 0.1) is 6.61 Å². The Bertz CT molecular complexity index is 293. The summed E-state index contributed by atoms with van der Waals surface area (Å²) >= 11 is 10.6. The number of nitrogens with zero attached hydrogens (tertiary/aromatic N) is 1. The third kappa shape index (κ3) is 1.50. The summed E-state index contributed by atoms with van der Waals surface area (Å²) in [7, 11) is 0. The molecule has 0 fully saturated rings. The Hall–Kier alpha value is -0.450. The van der Waals surface area contributed by atoms with E-state index in [9.17, 15) is 8.78 Å². The van der Waals surface area contributed by atoms with E-state index in [0.29, 0.717) is 0 Å². The van der Waals surface area contributed by atoms with Crippen LogP contribution in [0.3, 0.4) is 0 Å². The third-order valence-corrected chi connectivity index (χ3v) is 2.01. The summed E-state index contributed by atoms with van der Waals surface area (Å²) < 4.78 is 25.1. The van der Waals surface area contributed by atoms with Gasteiger partial charge in [-0.2, -0.15) is 13.8 Å². The molecule has 66 valence electrons. The van der Waals surface area contributed by atoms with Crippen LogP contribution in [0.2, 0.25) is 10.0 Å². The van der Waals surface area contributed by atoms with Crippen molar-refractivity contribution in [2.45, 2.75) is 6.61 Å². The molecule has 0 saturated carbocycles. The molecular formula is C6H3Cl2F2NO. The van der Waals surface area contributed by atoms with Crippen LogP contribution >= 0.6 is 23.2 Å². The van der Waals surface area contributed by atoms with Crippen molar-refractivity contribution in [2.24, 2.45) is 0 Å². The maximum absolute atomic E-state index is 12.6. The summed E-state index contributed by atoms with van der Waals surface area (Å²) in [5.74, 6) is -2.36. The van der Waals surface area contributed by atoms with Gasteiger partial charge in [-0.15, -0.1) is 0 Å². The Balaban J connectivity index is 3.42. The number of aliphatic hydroxyl groups is 1. The molecule has 0 aromatic carbocycles. The number of aromatic nitrogens is 1. The highest BCUT2D eigenvalue weighted by Crippen LogP contribution is 2.27. The van der Waals surface area contributed by atoms with Crippen molar-refractivity contribution in [1.82, 2.24) is 4.98 Å². The summed E-state index contributed by atoms with van der Waals surface area (Å²) in [6, 6.07) is 0. The van der Waals surface area contributed by atoms with Crippen molar-refractivity contribution in [3.63, 3.8) is 0 Å². The first kappa shape index (κ1) is 9.64. The zero-order valence-electron chi connectivity index (χ0n) is 5.61. The van der Waals surface area contributed by atoms with Gasteiger partial charge in [0.15, 0.2) is 0 Å². The van der Waals surface area contributed by atoms with E-state index in [1.165, 1.54) is 0 Å². The van der Waals surface area contributed by atoms with E-state index in [1.807, 2.05) is 0 Å². The van der Waals surface area contributed by atoms with Gasteiger partial charge in [0.25, 0.3) is 0 Å². The minimum Gasteiger partial charge on any atom is -0.392 e. The molecule has 0 atom stereocenters. The SMILES string of the molecule is OCc1c(Cl)c(F)nc(F)c1Cl. The smallest absolute Gasteiger partial charge is 0.234 e. The van der Waals surface area contributed by atoms with Crippen molar-refractivity contribution in [3.8, 4) is 0 Å². The summed E-state index contributed by atoms with van der Waals surface area (Å²) in [6.45, 7) is -0.631. The second-order valence-corrected chi connectivity index (χ2v) is 2.71. The van der Waals surface area contributed by atoms with Gasteiger partial charge in [0.1, 0.15) is 10.0 Å². The Morgan fingerprint density at radius 2 is 1.58 bits per heavy atom. The lowest BCUT2D eigenvalue weighted by atomic mass is 10.3. The molecule has 1 heterocycles. The van der Waals surface area contributed by atoms with Crippen LogP contribution in [0.25, 0.3) is 0 Å². The summed E-state index contributed by atoms with van der Waals surface area (Å²) in [5.41, 5.74) is -0.191. The van der Waals surface area contributed by atoms with Gasteiger partial charge >= 0.3 is 0 Å². The van der Waals surface area contributed by atoms with E-state index in [-0.39, 0.29) is 5.56 Å². The van der Waals surface area contributed by atoms with Crippen LogP contribution in [-0.4, -0.2) is 10.1 Å². The van der Waals surface area contributed by atoms with Crippen molar-refractivity contribution in [2.75, 3.05) is 0 Å². The lowest BCUT2D eigenvalue weighted by Crippen LogP contribution is -1.98. The molecule has 0 unspecified atom stereocenters. The lowest BCUT2D eigenvalue weighted by molar-refractivity contribution is 0.280. The molecule has 0 spiro atoms. The molecule has 12 heavy (non-hydrogen) atoms. The maximum Gasteiger partial charge on any atom is 0.234 e. The van der Waals surface area contributed by atoms with Crippen LogP contribution < -0.4 is 0 Å². The number of halogens is 4. The predicted molar refractivity (Wildman–Crippen MR) is 40.1 cm³/mol. The normalized spacial score (nSPS) is 10.4. The average Bonchev–Trinajstić information content (AvgIpc) is 2.02. The van der Waals surface area contributed by atoms with E-state index in [1.54, 1.807) is 0 Å². The zero-order chi connectivity index (χ0) is 9.30. The molecule has 2 nitrogen and oxygen atoms in total. The standard InChI is InChI=1S/C6H3Cl2F2NO/c7-3-2(1-12)4(8)6(10)11-5(3)9/h12H,1H2. The lowest BCUT2D eigenvalue weighted by Gasteiger charge is -2.03. The maximum atomic E-state index is 12.6. The average molecular weight is 214 g/mol. The highest BCUT2D eigenvalue weighted by molar-refractivity contribution is 6.35. The fraction of sp³-hybridized carbons (Fsp3) is 0.167. The first-order valence-corrected chi connectivity index (χ1v) is 3.63. The largest absolute Gasteiger partial charge is 0.392 e. The minimum atomic E-state index is -1.18. The van der Waals surface area contributed by atoms with Crippen LogP contribution in [0.1, 0.15) is 5.56 Å². The number of pyridine rings is 1. The van der Waals surface area contributed by atoms with Gasteiger partial charge in [-0.25, -0.2) is 0 Å². The molecule has 0 amide bonds. The van der Waals surface area contributed by atoms with Crippen molar-refractivity contribution in [1.29, 1.82) is 0 Å². The van der Waals surface area contributed by atoms with Gasteiger partial charge in [-0.3, -0.25) is 0 Å². The Morgan fingerprint density at radius 3 is 1.92 bits per heavy atom. The van der Waals surface area contributed by atoms with Gasteiger partial charge in [0.2, 0.25) is 11.9 Å². The molecule has 0 bridgehead atoms. The topological polar surface area (TPSA) is 33.1 Å². The summed E-state index contributed by atoms with van der Waals surface area (Å²) in [6.07, 6.45) is 0. The van der Waals surface area contributed by atoms with Gasteiger partial charge in [-0.05, 0) is 0 Å². The van der Waals surface area contributed by atoms with Crippen molar-refractivity contribution >= 4 is 23.2 Å². The Labute approximate surface area is 76.7 Å². The van der Waals surface area contributed by atoms with E-state index < -0.39 is 28.5 Å². The minimum absolute atomic E-state index is 0.191. The van der Waals surface area contributed by atoms with Gasteiger partial charge < -0.3 is 5.11 Å². The quantitative estimate of drug-likeness (QED) is 0.726. The number of rotatable bonds is 1. The van der Waals surface area contributed by atoms with E-state index >= 15 is 0 Å². The third-order valence-electron chi connectivity index (χ3n) is 1.25. The highest BCUT2D eigenvalue weighted by atomic mass is 35.5. The van der Waals surface area contributed by atoms with Crippen LogP contribution in [-0.2, 0) is 6.61 Å². The molecule has 0 radical (unpaired) electrons. The van der Waals surface area contributed by atoms with E-state index in [4.69, 9.17) is 28.3 Å². The number of aliphatic hydroxyl groups excluding tert-OH is 1. The van der Waals surface area contributed by atoms with Gasteiger partial charge in [-0.1, -0.05) is 23.2 Å². The van der Waals surface area contributed by atoms with Crippen LogP contribution in [0.15, 0.2) is 0 Å². The van der Waals surface area contributed by atoms with Crippen molar-refractivity contribution in [3.05, 3.63) is 27.5 Å². The first-order chi connectivity index (χ1) is 5.57.